The zero-order valence-corrected chi connectivity index (χ0v) is 13.0. The number of aliphatic hydroxyl groups is 1. The number of aryl methyl sites for hydroxylation is 1. The van der Waals surface area contributed by atoms with Crippen LogP contribution in [0.15, 0.2) is 12.4 Å². The van der Waals surface area contributed by atoms with E-state index in [1.165, 1.54) is 19.4 Å². The van der Waals surface area contributed by atoms with Crippen molar-refractivity contribution >= 4 is 6.03 Å². The van der Waals surface area contributed by atoms with Crippen molar-refractivity contribution < 1.29 is 23.1 Å². The Kier molecular flexibility index (Phi) is 5.11. The lowest BCUT2D eigenvalue weighted by molar-refractivity contribution is -0.272. The van der Waals surface area contributed by atoms with Crippen molar-refractivity contribution in [2.45, 2.75) is 44.5 Å². The molecule has 1 rings (SSSR count). The fraction of sp³-hybridized carbons (Fsp3) is 0.692. The van der Waals surface area contributed by atoms with E-state index in [1.54, 1.807) is 20.8 Å². The van der Waals surface area contributed by atoms with Gasteiger partial charge in [0.25, 0.3) is 0 Å². The van der Waals surface area contributed by atoms with Crippen molar-refractivity contribution in [3.63, 3.8) is 0 Å². The maximum atomic E-state index is 13.2. The summed E-state index contributed by atoms with van der Waals surface area (Å²) in [6.07, 6.45) is -3.16. The summed E-state index contributed by atoms with van der Waals surface area (Å²) < 4.78 is 40.7. The van der Waals surface area contributed by atoms with E-state index in [0.717, 1.165) is 4.57 Å². The van der Waals surface area contributed by atoms with Gasteiger partial charge in [-0.05, 0) is 20.8 Å². The number of alkyl halides is 3. The van der Waals surface area contributed by atoms with Gasteiger partial charge in [-0.3, -0.25) is 0 Å². The quantitative estimate of drug-likeness (QED) is 0.789. The predicted molar refractivity (Wildman–Crippen MR) is 74.1 cm³/mol. The van der Waals surface area contributed by atoms with Gasteiger partial charge in [-0.25, -0.2) is 9.78 Å². The van der Waals surface area contributed by atoms with Crippen LogP contribution in [0.2, 0.25) is 0 Å². The fourth-order valence-corrected chi connectivity index (χ4v) is 1.89. The number of nitrogens with one attached hydrogen (secondary N) is 2. The molecule has 6 nitrogen and oxygen atoms in total. The number of urea groups is 1. The number of carbonyl (C=O) groups is 1. The highest BCUT2D eigenvalue weighted by Crippen LogP contribution is 2.40. The maximum absolute atomic E-state index is 13.2. The Labute approximate surface area is 126 Å². The molecule has 22 heavy (non-hydrogen) atoms. The van der Waals surface area contributed by atoms with Gasteiger partial charge in [-0.1, -0.05) is 0 Å². The fourth-order valence-electron chi connectivity index (χ4n) is 1.89. The number of hydrogen-bond acceptors (Lipinski definition) is 3. The van der Waals surface area contributed by atoms with Crippen LogP contribution < -0.4 is 10.6 Å². The Balaban J connectivity index is 2.77. The molecule has 0 fully saturated rings. The number of imidazole rings is 1. The molecule has 1 atom stereocenters. The number of aromatic nitrogens is 2. The smallest absolute Gasteiger partial charge is 0.374 e. The molecule has 2 amide bonds. The van der Waals surface area contributed by atoms with Gasteiger partial charge in [0.05, 0.1) is 0 Å². The molecule has 0 radical (unpaired) electrons. The lowest BCUT2D eigenvalue weighted by Crippen LogP contribution is -2.50. The Hall–Kier alpha value is -1.77. The zero-order valence-electron chi connectivity index (χ0n) is 13.0. The number of halogens is 3. The van der Waals surface area contributed by atoms with Crippen LogP contribution in [-0.4, -0.2) is 38.9 Å². The third kappa shape index (κ3) is 4.36. The van der Waals surface area contributed by atoms with E-state index < -0.39 is 35.6 Å². The summed E-state index contributed by atoms with van der Waals surface area (Å²) in [5, 5.41) is 14.9. The predicted octanol–water partition coefficient (Wildman–Crippen LogP) is 1.66. The van der Waals surface area contributed by atoms with E-state index >= 15 is 0 Å². The van der Waals surface area contributed by atoms with Gasteiger partial charge in [0.1, 0.15) is 5.82 Å². The van der Waals surface area contributed by atoms with Gasteiger partial charge in [0.15, 0.2) is 0 Å². The van der Waals surface area contributed by atoms with E-state index in [9.17, 15) is 23.1 Å². The second-order valence-electron chi connectivity index (χ2n) is 6.10. The van der Waals surface area contributed by atoms with Gasteiger partial charge in [0, 0.05) is 37.9 Å². The summed E-state index contributed by atoms with van der Waals surface area (Å²) in [5.41, 5.74) is -3.63. The van der Waals surface area contributed by atoms with E-state index in [-0.39, 0.29) is 6.54 Å². The van der Waals surface area contributed by atoms with Gasteiger partial charge in [0.2, 0.25) is 5.60 Å². The summed E-state index contributed by atoms with van der Waals surface area (Å²) in [6.45, 7) is 4.87. The van der Waals surface area contributed by atoms with Crippen molar-refractivity contribution in [3.05, 3.63) is 18.2 Å². The van der Waals surface area contributed by atoms with Crippen LogP contribution in [0.1, 0.15) is 33.0 Å². The molecule has 0 saturated carbocycles. The summed E-state index contributed by atoms with van der Waals surface area (Å²) in [5.74, 6) is -0.516. The Bertz CT molecular complexity index is 522. The molecule has 0 aliphatic carbocycles. The molecule has 3 N–H and O–H groups in total. The zero-order chi connectivity index (χ0) is 17.2. The van der Waals surface area contributed by atoms with E-state index in [2.05, 4.69) is 15.6 Å². The summed E-state index contributed by atoms with van der Waals surface area (Å²) >= 11 is 0. The van der Waals surface area contributed by atoms with Crippen LogP contribution in [0.25, 0.3) is 0 Å². The molecule has 0 aliphatic rings. The maximum Gasteiger partial charge on any atom is 0.424 e. The van der Waals surface area contributed by atoms with Crippen molar-refractivity contribution in [2.24, 2.45) is 7.05 Å². The molecule has 126 valence electrons. The number of nitrogens with zero attached hydrogens (tertiary/aromatic N) is 2. The standard InChI is InChI=1S/C13H21F3N4O2/c1-11(2,3)19-10(21)18-6-5-12(22,13(14,15)16)9-17-7-8-20(9)4/h7-8,22H,5-6H2,1-4H3,(H2,18,19,21). The topological polar surface area (TPSA) is 79.2 Å². The number of carbonyl (C=O) groups excluding carboxylic acids is 1. The molecule has 0 aromatic carbocycles. The van der Waals surface area contributed by atoms with Gasteiger partial charge >= 0.3 is 12.2 Å². The summed E-state index contributed by atoms with van der Waals surface area (Å²) in [7, 11) is 1.36. The highest BCUT2D eigenvalue weighted by atomic mass is 19.4. The normalized spacial score (nSPS) is 15.3. The minimum absolute atomic E-state index is 0.356. The van der Waals surface area contributed by atoms with E-state index in [0.29, 0.717) is 0 Å². The van der Waals surface area contributed by atoms with E-state index in [4.69, 9.17) is 0 Å². The first-order valence-electron chi connectivity index (χ1n) is 6.70. The second-order valence-corrected chi connectivity index (χ2v) is 6.10. The lowest BCUT2D eigenvalue weighted by atomic mass is 9.97. The van der Waals surface area contributed by atoms with Crippen molar-refractivity contribution in [1.82, 2.24) is 20.2 Å². The molecule has 0 aliphatic heterocycles. The first-order valence-corrected chi connectivity index (χ1v) is 6.70. The van der Waals surface area contributed by atoms with Gasteiger partial charge in [-0.2, -0.15) is 13.2 Å². The van der Waals surface area contributed by atoms with E-state index in [1.807, 2.05) is 0 Å². The molecule has 0 bridgehead atoms. The number of hydrogen-bond donors (Lipinski definition) is 3. The summed E-state index contributed by atoms with van der Waals surface area (Å²) in [6, 6.07) is -0.600. The van der Waals surface area contributed by atoms with Crippen molar-refractivity contribution in [1.29, 1.82) is 0 Å². The average Bonchev–Trinajstić information content (AvgIpc) is 2.71. The van der Waals surface area contributed by atoms with Gasteiger partial charge < -0.3 is 20.3 Å². The molecule has 9 heteroatoms. The minimum Gasteiger partial charge on any atom is -0.374 e. The monoisotopic (exact) mass is 322 g/mol. The number of amides is 2. The minimum atomic E-state index is -4.91. The Morgan fingerprint density at radius 3 is 2.36 bits per heavy atom. The molecule has 1 aromatic rings. The average molecular weight is 322 g/mol. The Morgan fingerprint density at radius 2 is 1.95 bits per heavy atom. The molecule has 1 heterocycles. The van der Waals surface area contributed by atoms with Crippen LogP contribution >= 0.6 is 0 Å². The molecular formula is C13H21F3N4O2. The van der Waals surface area contributed by atoms with Crippen molar-refractivity contribution in [3.8, 4) is 0 Å². The van der Waals surface area contributed by atoms with Crippen LogP contribution in [0, 0.1) is 0 Å². The molecule has 1 unspecified atom stereocenters. The molecule has 0 saturated heterocycles. The highest BCUT2D eigenvalue weighted by molar-refractivity contribution is 5.74. The van der Waals surface area contributed by atoms with Crippen LogP contribution in [0.5, 0.6) is 0 Å². The first-order chi connectivity index (χ1) is 9.87. The van der Waals surface area contributed by atoms with Crippen LogP contribution in [-0.2, 0) is 12.6 Å². The van der Waals surface area contributed by atoms with Crippen molar-refractivity contribution in [2.75, 3.05) is 6.54 Å². The second kappa shape index (κ2) is 6.15. The third-order valence-electron chi connectivity index (χ3n) is 2.92. The Morgan fingerprint density at radius 1 is 1.36 bits per heavy atom. The van der Waals surface area contributed by atoms with Crippen LogP contribution in [0.3, 0.4) is 0 Å². The largest absolute Gasteiger partial charge is 0.424 e. The number of rotatable bonds is 4. The molecule has 0 spiro atoms. The van der Waals surface area contributed by atoms with Gasteiger partial charge in [-0.15, -0.1) is 0 Å². The summed E-state index contributed by atoms with van der Waals surface area (Å²) in [4.78, 5) is 15.1. The highest BCUT2D eigenvalue weighted by Gasteiger charge is 2.57. The molecular weight excluding hydrogens is 301 g/mol. The molecule has 1 aromatic heterocycles. The van der Waals surface area contributed by atoms with Crippen LogP contribution in [0.4, 0.5) is 18.0 Å². The third-order valence-corrected chi connectivity index (χ3v) is 2.92. The first kappa shape index (κ1) is 18.3. The lowest BCUT2D eigenvalue weighted by Gasteiger charge is -2.30. The SMILES string of the molecule is Cn1ccnc1C(O)(CCNC(=O)NC(C)(C)C)C(F)(F)F.